The van der Waals surface area contributed by atoms with Crippen LogP contribution in [0.25, 0.3) is 0 Å². The Morgan fingerprint density at radius 3 is 2.85 bits per heavy atom. The molecule has 0 saturated heterocycles. The van der Waals surface area contributed by atoms with Gasteiger partial charge in [-0.2, -0.15) is 0 Å². The van der Waals surface area contributed by atoms with Gasteiger partial charge < -0.3 is 9.47 Å². The number of primary sulfonamides is 1. The van der Waals surface area contributed by atoms with E-state index in [1.165, 1.54) is 18.2 Å². The van der Waals surface area contributed by atoms with Crippen LogP contribution in [0, 0.1) is 0 Å². The summed E-state index contributed by atoms with van der Waals surface area (Å²) in [5.41, 5.74) is 0.504. The predicted octanol–water partition coefficient (Wildman–Crippen LogP) is 1.15. The molecule has 0 saturated carbocycles. The SMILES string of the molecule is CCC(C)OC(=O)C1COc2ccc(S(N)(=O)=O)cc21. The Hall–Kier alpha value is -1.60. The highest BCUT2D eigenvalue weighted by Gasteiger charge is 2.33. The van der Waals surface area contributed by atoms with Gasteiger partial charge in [0, 0.05) is 5.56 Å². The number of ether oxygens (including phenoxy) is 2. The first-order chi connectivity index (χ1) is 9.32. The fraction of sp³-hybridized carbons (Fsp3) is 0.462. The first-order valence-corrected chi connectivity index (χ1v) is 7.87. The summed E-state index contributed by atoms with van der Waals surface area (Å²) in [6, 6.07) is 4.24. The number of sulfonamides is 1. The Morgan fingerprint density at radius 2 is 2.25 bits per heavy atom. The number of hydrogen-bond donors (Lipinski definition) is 1. The lowest BCUT2D eigenvalue weighted by Crippen LogP contribution is -2.22. The highest BCUT2D eigenvalue weighted by atomic mass is 32.2. The highest BCUT2D eigenvalue weighted by Crippen LogP contribution is 2.36. The van der Waals surface area contributed by atoms with Crippen molar-refractivity contribution >= 4 is 16.0 Å². The van der Waals surface area contributed by atoms with Crippen molar-refractivity contribution in [3.63, 3.8) is 0 Å². The molecule has 0 spiro atoms. The van der Waals surface area contributed by atoms with Crippen molar-refractivity contribution in [3.8, 4) is 5.75 Å². The minimum absolute atomic E-state index is 0.0388. The maximum Gasteiger partial charge on any atom is 0.317 e. The summed E-state index contributed by atoms with van der Waals surface area (Å²) in [5.74, 6) is -0.533. The molecule has 0 aromatic heterocycles. The van der Waals surface area contributed by atoms with Crippen molar-refractivity contribution in [3.05, 3.63) is 23.8 Å². The molecule has 2 rings (SSSR count). The van der Waals surface area contributed by atoms with Crippen LogP contribution in [0.4, 0.5) is 0 Å². The Bertz CT molecular complexity index is 626. The monoisotopic (exact) mass is 299 g/mol. The second-order valence-electron chi connectivity index (χ2n) is 4.76. The van der Waals surface area contributed by atoms with Crippen molar-refractivity contribution in [1.82, 2.24) is 0 Å². The number of benzene rings is 1. The normalized spacial score (nSPS) is 19.1. The molecule has 0 amide bonds. The van der Waals surface area contributed by atoms with E-state index in [1.54, 1.807) is 6.92 Å². The highest BCUT2D eigenvalue weighted by molar-refractivity contribution is 7.89. The van der Waals surface area contributed by atoms with E-state index in [4.69, 9.17) is 14.6 Å². The molecule has 0 fully saturated rings. The van der Waals surface area contributed by atoms with Gasteiger partial charge in [-0.1, -0.05) is 6.92 Å². The predicted molar refractivity (Wildman–Crippen MR) is 71.9 cm³/mol. The average molecular weight is 299 g/mol. The third kappa shape index (κ3) is 2.94. The lowest BCUT2D eigenvalue weighted by Gasteiger charge is -2.14. The number of rotatable bonds is 4. The third-order valence-electron chi connectivity index (χ3n) is 3.27. The minimum atomic E-state index is -3.81. The van der Waals surface area contributed by atoms with E-state index in [0.29, 0.717) is 17.7 Å². The smallest absolute Gasteiger partial charge is 0.317 e. The second kappa shape index (κ2) is 5.41. The maximum atomic E-state index is 12.1. The van der Waals surface area contributed by atoms with E-state index in [0.717, 1.165) is 0 Å². The first kappa shape index (κ1) is 14.8. The molecule has 110 valence electrons. The topological polar surface area (TPSA) is 95.7 Å². The van der Waals surface area contributed by atoms with Gasteiger partial charge in [-0.05, 0) is 31.5 Å². The molecule has 2 atom stereocenters. The van der Waals surface area contributed by atoms with Gasteiger partial charge in [0.05, 0.1) is 11.0 Å². The average Bonchev–Trinajstić information content (AvgIpc) is 2.80. The van der Waals surface area contributed by atoms with Crippen LogP contribution in [-0.2, 0) is 19.6 Å². The molecule has 0 bridgehead atoms. The van der Waals surface area contributed by atoms with Gasteiger partial charge in [0.1, 0.15) is 18.3 Å². The molecular weight excluding hydrogens is 282 g/mol. The summed E-state index contributed by atoms with van der Waals surface area (Å²) in [5, 5.41) is 5.09. The van der Waals surface area contributed by atoms with Crippen LogP contribution in [0.1, 0.15) is 31.7 Å². The van der Waals surface area contributed by atoms with E-state index in [1.807, 2.05) is 6.92 Å². The summed E-state index contributed by atoms with van der Waals surface area (Å²) in [6.45, 7) is 3.87. The van der Waals surface area contributed by atoms with Crippen LogP contribution < -0.4 is 9.88 Å². The van der Waals surface area contributed by atoms with Crippen LogP contribution in [0.5, 0.6) is 5.75 Å². The summed E-state index contributed by atoms with van der Waals surface area (Å²) < 4.78 is 33.4. The van der Waals surface area contributed by atoms with Crippen molar-refractivity contribution in [2.75, 3.05) is 6.61 Å². The fourth-order valence-electron chi connectivity index (χ4n) is 1.93. The number of nitrogens with two attached hydrogens (primary N) is 1. The molecule has 0 radical (unpaired) electrons. The summed E-state index contributed by atoms with van der Waals surface area (Å²) in [7, 11) is -3.81. The van der Waals surface area contributed by atoms with Crippen molar-refractivity contribution < 1.29 is 22.7 Å². The molecule has 20 heavy (non-hydrogen) atoms. The number of esters is 1. The van der Waals surface area contributed by atoms with Gasteiger partial charge in [0.15, 0.2) is 0 Å². The van der Waals surface area contributed by atoms with Gasteiger partial charge in [-0.3, -0.25) is 4.79 Å². The summed E-state index contributed by atoms with van der Waals surface area (Å²) >= 11 is 0. The molecule has 1 aromatic carbocycles. The van der Waals surface area contributed by atoms with Gasteiger partial charge in [0.2, 0.25) is 10.0 Å². The molecule has 0 aliphatic carbocycles. The first-order valence-electron chi connectivity index (χ1n) is 6.33. The molecular formula is C13H17NO5S. The van der Waals surface area contributed by atoms with Crippen LogP contribution in [0.15, 0.2) is 23.1 Å². The lowest BCUT2D eigenvalue weighted by molar-refractivity contribution is -0.150. The quantitative estimate of drug-likeness (QED) is 0.841. The van der Waals surface area contributed by atoms with Crippen molar-refractivity contribution in [1.29, 1.82) is 0 Å². The largest absolute Gasteiger partial charge is 0.492 e. The Morgan fingerprint density at radius 1 is 1.55 bits per heavy atom. The van der Waals surface area contributed by atoms with E-state index in [2.05, 4.69) is 0 Å². The third-order valence-corrected chi connectivity index (χ3v) is 4.18. The van der Waals surface area contributed by atoms with Crippen LogP contribution in [-0.4, -0.2) is 27.1 Å². The Balaban J connectivity index is 2.29. The number of fused-ring (bicyclic) bond motifs is 1. The zero-order chi connectivity index (χ0) is 14.9. The van der Waals surface area contributed by atoms with Crippen molar-refractivity contribution in [2.45, 2.75) is 37.2 Å². The van der Waals surface area contributed by atoms with Crippen LogP contribution in [0.3, 0.4) is 0 Å². The molecule has 2 N–H and O–H groups in total. The summed E-state index contributed by atoms with van der Waals surface area (Å²) in [4.78, 5) is 12.0. The molecule has 1 heterocycles. The van der Waals surface area contributed by atoms with Gasteiger partial charge >= 0.3 is 5.97 Å². The minimum Gasteiger partial charge on any atom is -0.492 e. The Kier molecular flexibility index (Phi) is 4.01. The van der Waals surface area contributed by atoms with Crippen LogP contribution in [0.2, 0.25) is 0 Å². The Labute approximate surface area is 117 Å². The molecule has 2 unspecified atom stereocenters. The number of carbonyl (C=O) groups is 1. The number of hydrogen-bond acceptors (Lipinski definition) is 5. The molecule has 1 aromatic rings. The zero-order valence-electron chi connectivity index (χ0n) is 11.3. The van der Waals surface area contributed by atoms with Gasteiger partial charge in [0.25, 0.3) is 0 Å². The molecule has 1 aliphatic heterocycles. The zero-order valence-corrected chi connectivity index (χ0v) is 12.1. The van der Waals surface area contributed by atoms with Crippen molar-refractivity contribution in [2.24, 2.45) is 5.14 Å². The second-order valence-corrected chi connectivity index (χ2v) is 6.33. The maximum absolute atomic E-state index is 12.1. The molecule has 1 aliphatic rings. The summed E-state index contributed by atoms with van der Waals surface area (Å²) in [6.07, 6.45) is 0.525. The fourth-order valence-corrected chi connectivity index (χ4v) is 2.48. The molecule has 6 nitrogen and oxygen atoms in total. The van der Waals surface area contributed by atoms with Gasteiger partial charge in [-0.25, -0.2) is 13.6 Å². The van der Waals surface area contributed by atoms with E-state index in [-0.39, 0.29) is 17.6 Å². The number of carbonyl (C=O) groups excluding carboxylic acids is 1. The van der Waals surface area contributed by atoms with E-state index in [9.17, 15) is 13.2 Å². The van der Waals surface area contributed by atoms with E-state index < -0.39 is 21.9 Å². The molecule has 7 heteroatoms. The lowest BCUT2D eigenvalue weighted by atomic mass is 10.0. The van der Waals surface area contributed by atoms with Gasteiger partial charge in [-0.15, -0.1) is 0 Å². The van der Waals surface area contributed by atoms with Crippen LogP contribution >= 0.6 is 0 Å². The standard InChI is InChI=1S/C13H17NO5S/c1-3-8(2)19-13(15)11-7-18-12-5-4-9(6-10(11)12)20(14,16)17/h4-6,8,11H,3,7H2,1-2H3,(H2,14,16,17). The van der Waals surface area contributed by atoms with E-state index >= 15 is 0 Å².